The molecule has 0 spiro atoms. The van der Waals surface area contributed by atoms with Gasteiger partial charge in [-0.1, -0.05) is 12.1 Å². The van der Waals surface area contributed by atoms with Gasteiger partial charge < -0.3 is 19.7 Å². The molecule has 5 heteroatoms. The zero-order valence-corrected chi connectivity index (χ0v) is 12.4. The van der Waals surface area contributed by atoms with E-state index in [1.54, 1.807) is 14.0 Å². The molecule has 5 nitrogen and oxygen atoms in total. The van der Waals surface area contributed by atoms with Crippen molar-refractivity contribution in [2.24, 2.45) is 0 Å². The van der Waals surface area contributed by atoms with Crippen LogP contribution in [0.2, 0.25) is 0 Å². The van der Waals surface area contributed by atoms with Crippen molar-refractivity contribution >= 4 is 5.97 Å². The molecule has 0 aliphatic rings. The second kappa shape index (κ2) is 9.15. The van der Waals surface area contributed by atoms with Crippen LogP contribution in [0.1, 0.15) is 25.3 Å². The smallest absolute Gasteiger partial charge is 0.328 e. The van der Waals surface area contributed by atoms with Gasteiger partial charge in [0, 0.05) is 6.08 Å². The molecule has 0 aliphatic heterocycles. The summed E-state index contributed by atoms with van der Waals surface area (Å²) in [5.41, 5.74) is 0.974. The molecule has 1 rings (SSSR count). The van der Waals surface area contributed by atoms with Gasteiger partial charge in [0.2, 0.25) is 0 Å². The molecule has 21 heavy (non-hydrogen) atoms. The summed E-state index contributed by atoms with van der Waals surface area (Å²) in [6, 6.07) is 7.48. The first-order chi connectivity index (χ1) is 10.0. The van der Waals surface area contributed by atoms with E-state index in [1.165, 1.54) is 6.08 Å². The van der Waals surface area contributed by atoms with E-state index in [2.05, 4.69) is 0 Å². The third-order valence-corrected chi connectivity index (χ3v) is 2.95. The molecule has 1 aromatic rings. The van der Waals surface area contributed by atoms with Crippen LogP contribution < -0.4 is 4.74 Å². The summed E-state index contributed by atoms with van der Waals surface area (Å²) in [7, 11) is 1.61. The lowest BCUT2D eigenvalue weighted by Gasteiger charge is -2.15. The fourth-order valence-corrected chi connectivity index (χ4v) is 1.76. The highest BCUT2D eigenvalue weighted by molar-refractivity contribution is 5.79. The maximum Gasteiger partial charge on any atom is 0.328 e. The Morgan fingerprint density at radius 1 is 1.29 bits per heavy atom. The molecule has 0 fully saturated rings. The van der Waals surface area contributed by atoms with Crippen molar-refractivity contribution in [1.82, 2.24) is 0 Å². The van der Waals surface area contributed by atoms with E-state index in [9.17, 15) is 9.90 Å². The van der Waals surface area contributed by atoms with Gasteiger partial charge >= 0.3 is 5.97 Å². The van der Waals surface area contributed by atoms with Crippen molar-refractivity contribution < 1.29 is 24.5 Å². The van der Waals surface area contributed by atoms with Crippen molar-refractivity contribution in [3.05, 3.63) is 42.0 Å². The molecule has 116 valence electrons. The predicted molar refractivity (Wildman–Crippen MR) is 79.3 cm³/mol. The number of benzene rings is 1. The third-order valence-electron chi connectivity index (χ3n) is 2.95. The van der Waals surface area contributed by atoms with E-state index >= 15 is 0 Å². The number of carboxylic acid groups (broad SMARTS) is 1. The van der Waals surface area contributed by atoms with Crippen molar-refractivity contribution in [2.75, 3.05) is 7.11 Å². The summed E-state index contributed by atoms with van der Waals surface area (Å²) in [6.07, 6.45) is 2.93. The number of methoxy groups -OCH3 is 1. The van der Waals surface area contributed by atoms with Gasteiger partial charge in [-0.2, -0.15) is 0 Å². The Balaban J connectivity index is 2.55. The van der Waals surface area contributed by atoms with Gasteiger partial charge in [0.25, 0.3) is 0 Å². The topological polar surface area (TPSA) is 76.0 Å². The number of aliphatic hydroxyl groups is 1. The van der Waals surface area contributed by atoms with Crippen LogP contribution in [0.5, 0.6) is 5.75 Å². The lowest BCUT2D eigenvalue weighted by molar-refractivity contribution is -0.131. The molecule has 0 unspecified atom stereocenters. The first-order valence-corrected chi connectivity index (χ1v) is 6.85. The standard InChI is InChI=1S/C16H22O5/c1-12(17)3-6-15(9-10-16(18)19)21-11-13-4-7-14(20-2)8-5-13/h4-5,7-10,12,15,17H,3,6,11H2,1-2H3,(H,18,19)/b10-9+/t12-,15-/m1/s1. The van der Waals surface area contributed by atoms with E-state index in [0.29, 0.717) is 19.4 Å². The zero-order chi connectivity index (χ0) is 15.7. The monoisotopic (exact) mass is 294 g/mol. The molecule has 0 amide bonds. The molecule has 0 aliphatic carbocycles. The maximum absolute atomic E-state index is 10.6. The van der Waals surface area contributed by atoms with Gasteiger partial charge in [0.1, 0.15) is 5.75 Å². The molecule has 0 saturated carbocycles. The highest BCUT2D eigenvalue weighted by atomic mass is 16.5. The van der Waals surface area contributed by atoms with Gasteiger partial charge in [-0.25, -0.2) is 4.79 Å². The normalized spacial score (nSPS) is 14.0. The van der Waals surface area contributed by atoms with Gasteiger partial charge in [-0.05, 0) is 43.5 Å². The van der Waals surface area contributed by atoms with Crippen LogP contribution >= 0.6 is 0 Å². The highest BCUT2D eigenvalue weighted by Gasteiger charge is 2.08. The Hall–Kier alpha value is -1.85. The number of aliphatic carboxylic acids is 1. The predicted octanol–water partition coefficient (Wildman–Crippen LogP) is 2.38. The van der Waals surface area contributed by atoms with Crippen LogP contribution in [0.15, 0.2) is 36.4 Å². The molecular weight excluding hydrogens is 272 g/mol. The summed E-state index contributed by atoms with van der Waals surface area (Å²) in [5.74, 6) is -0.236. The van der Waals surface area contributed by atoms with Gasteiger partial charge in [-0.3, -0.25) is 0 Å². The summed E-state index contributed by atoms with van der Waals surface area (Å²) < 4.78 is 10.8. The van der Waals surface area contributed by atoms with Crippen LogP contribution in [-0.2, 0) is 16.1 Å². The van der Waals surface area contributed by atoms with Gasteiger partial charge in [0.05, 0.1) is 25.9 Å². The molecule has 1 aromatic carbocycles. The molecule has 0 bridgehead atoms. The summed E-state index contributed by atoms with van der Waals surface area (Å²) >= 11 is 0. The molecule has 0 aromatic heterocycles. The van der Waals surface area contributed by atoms with Crippen molar-refractivity contribution in [3.63, 3.8) is 0 Å². The Bertz CT molecular complexity index is 450. The SMILES string of the molecule is COc1ccc(CO[C@@H](/C=C/C(=O)O)CC[C@@H](C)O)cc1. The largest absolute Gasteiger partial charge is 0.497 e. The summed E-state index contributed by atoms with van der Waals surface area (Å²) in [4.78, 5) is 10.6. The number of carboxylic acids is 1. The lowest BCUT2D eigenvalue weighted by Crippen LogP contribution is -2.13. The zero-order valence-electron chi connectivity index (χ0n) is 12.4. The van der Waals surface area contributed by atoms with Gasteiger partial charge in [0.15, 0.2) is 0 Å². The van der Waals surface area contributed by atoms with Crippen molar-refractivity contribution in [3.8, 4) is 5.75 Å². The Kier molecular flexibility index (Phi) is 7.50. The minimum absolute atomic E-state index is 0.335. The Labute approximate surface area is 124 Å². The fraction of sp³-hybridized carbons (Fsp3) is 0.438. The first kappa shape index (κ1) is 17.2. The number of ether oxygens (including phenoxy) is 2. The quantitative estimate of drug-likeness (QED) is 0.684. The molecule has 2 atom stereocenters. The average Bonchev–Trinajstić information content (AvgIpc) is 2.46. The molecule has 2 N–H and O–H groups in total. The summed E-state index contributed by atoms with van der Waals surface area (Å²) in [6.45, 7) is 2.07. The molecular formula is C16H22O5. The number of rotatable bonds is 9. The first-order valence-electron chi connectivity index (χ1n) is 6.85. The second-order valence-corrected chi connectivity index (χ2v) is 4.82. The Morgan fingerprint density at radius 3 is 2.48 bits per heavy atom. The Morgan fingerprint density at radius 2 is 1.95 bits per heavy atom. The molecule has 0 heterocycles. The number of carbonyl (C=O) groups is 1. The minimum Gasteiger partial charge on any atom is -0.497 e. The number of aliphatic hydroxyl groups excluding tert-OH is 1. The van der Waals surface area contributed by atoms with E-state index < -0.39 is 12.1 Å². The summed E-state index contributed by atoms with van der Waals surface area (Å²) in [5, 5.41) is 18.0. The molecule has 0 saturated heterocycles. The van der Waals surface area contributed by atoms with E-state index in [0.717, 1.165) is 17.4 Å². The van der Waals surface area contributed by atoms with Crippen LogP contribution in [0.3, 0.4) is 0 Å². The van der Waals surface area contributed by atoms with Crippen molar-refractivity contribution in [1.29, 1.82) is 0 Å². The van der Waals surface area contributed by atoms with E-state index in [4.69, 9.17) is 14.6 Å². The average molecular weight is 294 g/mol. The van der Waals surface area contributed by atoms with Crippen LogP contribution in [0.4, 0.5) is 0 Å². The van der Waals surface area contributed by atoms with E-state index in [-0.39, 0.29) is 6.10 Å². The third kappa shape index (κ3) is 7.48. The number of hydrogen-bond acceptors (Lipinski definition) is 4. The van der Waals surface area contributed by atoms with Crippen molar-refractivity contribution in [2.45, 2.75) is 38.6 Å². The van der Waals surface area contributed by atoms with Crippen LogP contribution in [0.25, 0.3) is 0 Å². The van der Waals surface area contributed by atoms with Gasteiger partial charge in [-0.15, -0.1) is 0 Å². The van der Waals surface area contributed by atoms with E-state index in [1.807, 2.05) is 24.3 Å². The minimum atomic E-state index is -1.01. The highest BCUT2D eigenvalue weighted by Crippen LogP contribution is 2.14. The number of hydrogen-bond donors (Lipinski definition) is 2. The fourth-order valence-electron chi connectivity index (χ4n) is 1.76. The molecule has 0 radical (unpaired) electrons. The van der Waals surface area contributed by atoms with Crippen LogP contribution in [0, 0.1) is 0 Å². The second-order valence-electron chi connectivity index (χ2n) is 4.82. The maximum atomic E-state index is 10.6. The van der Waals surface area contributed by atoms with Crippen LogP contribution in [-0.4, -0.2) is 35.5 Å². The lowest BCUT2D eigenvalue weighted by atomic mass is 10.1.